The number of rotatable bonds is 8. The van der Waals surface area contributed by atoms with Crippen LogP contribution in [0.3, 0.4) is 0 Å². The van der Waals surface area contributed by atoms with E-state index in [4.69, 9.17) is 12.2 Å². The van der Waals surface area contributed by atoms with Gasteiger partial charge in [0.05, 0.1) is 12.6 Å². The first-order valence-corrected chi connectivity index (χ1v) is 10.6. The Bertz CT molecular complexity index is 844. The summed E-state index contributed by atoms with van der Waals surface area (Å²) in [4.78, 5) is 19.1. The van der Waals surface area contributed by atoms with E-state index >= 15 is 0 Å². The summed E-state index contributed by atoms with van der Waals surface area (Å²) in [6.07, 6.45) is 8.97. The number of hydrogen-bond acceptors (Lipinski definition) is 5. The third-order valence-corrected chi connectivity index (χ3v) is 6.05. The van der Waals surface area contributed by atoms with Gasteiger partial charge >= 0.3 is 0 Å². The van der Waals surface area contributed by atoms with Gasteiger partial charge in [0.25, 0.3) is 0 Å². The van der Waals surface area contributed by atoms with Gasteiger partial charge in [-0.2, -0.15) is 5.10 Å². The van der Waals surface area contributed by atoms with Crippen LogP contribution in [-0.2, 0) is 24.4 Å². The predicted molar refractivity (Wildman–Crippen MR) is 109 cm³/mol. The SMILES string of the molecule is O=C(NCC1CC1)C1CCCN(Cn2ncn(CCc3ccccn3)c2=S)C1. The monoisotopic (exact) mass is 400 g/mol. The second-order valence-electron chi connectivity index (χ2n) is 7.92. The average molecular weight is 401 g/mol. The molecule has 0 spiro atoms. The summed E-state index contributed by atoms with van der Waals surface area (Å²) in [6.45, 7) is 4.01. The Labute approximate surface area is 170 Å². The Morgan fingerprint density at radius 3 is 2.96 bits per heavy atom. The van der Waals surface area contributed by atoms with Crippen LogP contribution in [0.2, 0.25) is 0 Å². The van der Waals surface area contributed by atoms with Crippen molar-refractivity contribution in [2.24, 2.45) is 11.8 Å². The van der Waals surface area contributed by atoms with E-state index in [1.54, 1.807) is 6.33 Å². The van der Waals surface area contributed by atoms with E-state index in [9.17, 15) is 4.79 Å². The molecule has 28 heavy (non-hydrogen) atoms. The zero-order valence-electron chi connectivity index (χ0n) is 16.2. The second kappa shape index (κ2) is 8.96. The molecule has 150 valence electrons. The molecule has 1 saturated heterocycles. The van der Waals surface area contributed by atoms with Gasteiger partial charge in [-0.05, 0) is 62.5 Å². The van der Waals surface area contributed by atoms with Crippen LogP contribution in [-0.4, -0.2) is 49.8 Å². The van der Waals surface area contributed by atoms with Crippen LogP contribution < -0.4 is 5.32 Å². The summed E-state index contributed by atoms with van der Waals surface area (Å²) in [7, 11) is 0. The maximum absolute atomic E-state index is 12.4. The number of hydrogen-bond donors (Lipinski definition) is 1. The number of likely N-dealkylation sites (tertiary alicyclic amines) is 1. The van der Waals surface area contributed by atoms with E-state index in [0.29, 0.717) is 6.67 Å². The van der Waals surface area contributed by atoms with Crippen molar-refractivity contribution in [3.63, 3.8) is 0 Å². The van der Waals surface area contributed by atoms with E-state index in [0.717, 1.165) is 61.8 Å². The van der Waals surface area contributed by atoms with E-state index in [1.807, 2.05) is 33.6 Å². The Morgan fingerprint density at radius 2 is 2.18 bits per heavy atom. The topological polar surface area (TPSA) is 68.0 Å². The minimum absolute atomic E-state index is 0.0768. The average Bonchev–Trinajstić information content (AvgIpc) is 3.50. The first-order chi connectivity index (χ1) is 13.7. The van der Waals surface area contributed by atoms with Crippen LogP contribution in [0.5, 0.6) is 0 Å². The highest BCUT2D eigenvalue weighted by Crippen LogP contribution is 2.28. The van der Waals surface area contributed by atoms with Crippen molar-refractivity contribution in [1.82, 2.24) is 29.5 Å². The molecule has 1 saturated carbocycles. The zero-order valence-corrected chi connectivity index (χ0v) is 17.0. The Balaban J connectivity index is 1.30. The lowest BCUT2D eigenvalue weighted by Gasteiger charge is -2.31. The molecule has 0 radical (unpaired) electrons. The quantitative estimate of drug-likeness (QED) is 0.689. The van der Waals surface area contributed by atoms with E-state index in [-0.39, 0.29) is 11.8 Å². The number of amides is 1. The highest BCUT2D eigenvalue weighted by molar-refractivity contribution is 7.71. The van der Waals surface area contributed by atoms with Crippen LogP contribution in [0.4, 0.5) is 0 Å². The van der Waals surface area contributed by atoms with Gasteiger partial charge in [-0.3, -0.25) is 14.7 Å². The van der Waals surface area contributed by atoms with Crippen LogP contribution in [0.25, 0.3) is 0 Å². The lowest BCUT2D eigenvalue weighted by atomic mass is 9.97. The molecule has 3 heterocycles. The van der Waals surface area contributed by atoms with Crippen molar-refractivity contribution in [2.45, 2.75) is 45.3 Å². The van der Waals surface area contributed by atoms with Crippen molar-refractivity contribution in [3.8, 4) is 0 Å². The van der Waals surface area contributed by atoms with Gasteiger partial charge in [0, 0.05) is 37.9 Å². The fourth-order valence-electron chi connectivity index (χ4n) is 3.70. The van der Waals surface area contributed by atoms with Crippen LogP contribution in [0.15, 0.2) is 30.7 Å². The second-order valence-corrected chi connectivity index (χ2v) is 8.29. The molecule has 2 aliphatic rings. The summed E-state index contributed by atoms with van der Waals surface area (Å²) >= 11 is 5.60. The fourth-order valence-corrected chi connectivity index (χ4v) is 3.95. The molecule has 1 unspecified atom stereocenters. The number of nitrogens with zero attached hydrogens (tertiary/aromatic N) is 5. The molecule has 8 heteroatoms. The zero-order chi connectivity index (χ0) is 19.3. The molecule has 1 atom stereocenters. The normalized spacial score (nSPS) is 20.2. The van der Waals surface area contributed by atoms with Gasteiger partial charge in [-0.1, -0.05) is 6.07 Å². The standard InChI is InChI=1S/C20H28N6OS/c27-19(22-12-16-6-7-16)17-4-3-10-24(13-17)15-26-20(28)25(14-23-26)11-8-18-5-1-2-9-21-18/h1-2,5,9,14,16-17H,3-4,6-8,10-13,15H2,(H,22,27). The Kier molecular flexibility index (Phi) is 6.17. The number of carbonyl (C=O) groups excluding carboxylic acids is 1. The smallest absolute Gasteiger partial charge is 0.224 e. The maximum Gasteiger partial charge on any atom is 0.224 e. The van der Waals surface area contributed by atoms with E-state index < -0.39 is 0 Å². The van der Waals surface area contributed by atoms with Crippen molar-refractivity contribution in [2.75, 3.05) is 19.6 Å². The summed E-state index contributed by atoms with van der Waals surface area (Å²) in [5.41, 5.74) is 1.05. The lowest BCUT2D eigenvalue weighted by Crippen LogP contribution is -2.44. The van der Waals surface area contributed by atoms with Gasteiger partial charge in [-0.25, -0.2) is 4.68 Å². The van der Waals surface area contributed by atoms with Crippen LogP contribution in [0.1, 0.15) is 31.4 Å². The fraction of sp³-hybridized carbons (Fsp3) is 0.600. The van der Waals surface area contributed by atoms with Gasteiger partial charge < -0.3 is 9.88 Å². The summed E-state index contributed by atoms with van der Waals surface area (Å²) in [5.74, 6) is 1.01. The van der Waals surface area contributed by atoms with E-state index in [2.05, 4.69) is 20.3 Å². The third kappa shape index (κ3) is 5.05. The molecule has 1 amide bonds. The third-order valence-electron chi connectivity index (χ3n) is 5.60. The van der Waals surface area contributed by atoms with Gasteiger partial charge in [0.2, 0.25) is 5.91 Å². The molecule has 2 aromatic rings. The minimum Gasteiger partial charge on any atom is -0.356 e. The summed E-state index contributed by atoms with van der Waals surface area (Å²) < 4.78 is 4.57. The predicted octanol–water partition coefficient (Wildman–Crippen LogP) is 2.25. The molecule has 2 fully saturated rings. The van der Waals surface area contributed by atoms with Crippen molar-refractivity contribution in [1.29, 1.82) is 0 Å². The molecule has 1 aliphatic carbocycles. The highest BCUT2D eigenvalue weighted by Gasteiger charge is 2.28. The minimum atomic E-state index is 0.0768. The summed E-state index contributed by atoms with van der Waals surface area (Å²) in [6, 6.07) is 5.94. The summed E-state index contributed by atoms with van der Waals surface area (Å²) in [5, 5.41) is 7.60. The molecule has 1 N–H and O–H groups in total. The molecule has 1 aliphatic heterocycles. The molecular weight excluding hydrogens is 372 g/mol. The number of aromatic nitrogens is 4. The maximum atomic E-state index is 12.4. The van der Waals surface area contributed by atoms with Crippen LogP contribution in [0, 0.1) is 16.6 Å². The van der Waals surface area contributed by atoms with Gasteiger partial charge in [0.1, 0.15) is 6.33 Å². The largest absolute Gasteiger partial charge is 0.356 e. The van der Waals surface area contributed by atoms with E-state index in [1.165, 1.54) is 12.8 Å². The molecule has 2 aromatic heterocycles. The molecule has 7 nitrogen and oxygen atoms in total. The van der Waals surface area contributed by atoms with Crippen LogP contribution >= 0.6 is 12.2 Å². The number of nitrogens with one attached hydrogen (secondary N) is 1. The lowest BCUT2D eigenvalue weighted by molar-refractivity contribution is -0.127. The number of carbonyl (C=O) groups is 1. The molecule has 0 bridgehead atoms. The van der Waals surface area contributed by atoms with Crippen molar-refractivity contribution in [3.05, 3.63) is 41.2 Å². The Morgan fingerprint density at radius 1 is 1.29 bits per heavy atom. The molecule has 4 rings (SSSR count). The Hall–Kier alpha value is -2.06. The number of aryl methyl sites for hydroxylation is 2. The molecule has 0 aromatic carbocycles. The number of piperidine rings is 1. The van der Waals surface area contributed by atoms with Gasteiger partial charge in [0.15, 0.2) is 4.77 Å². The molecular formula is C20H28N6OS. The number of pyridine rings is 1. The first kappa shape index (κ1) is 19.3. The first-order valence-electron chi connectivity index (χ1n) is 10.2. The van der Waals surface area contributed by atoms with Crippen molar-refractivity contribution < 1.29 is 4.79 Å². The highest BCUT2D eigenvalue weighted by atomic mass is 32.1. The van der Waals surface area contributed by atoms with Gasteiger partial charge in [-0.15, -0.1) is 0 Å². The van der Waals surface area contributed by atoms with Crippen molar-refractivity contribution >= 4 is 18.1 Å².